The highest BCUT2D eigenvalue weighted by molar-refractivity contribution is 5.78. The average molecular weight is 228 g/mol. The molecule has 5 nitrogen and oxygen atoms in total. The Morgan fingerprint density at radius 2 is 2.06 bits per heavy atom. The van der Waals surface area contributed by atoms with Gasteiger partial charge in [-0.1, -0.05) is 0 Å². The Balaban J connectivity index is 2.32. The lowest BCUT2D eigenvalue weighted by molar-refractivity contribution is -0.137. The number of amides is 1. The van der Waals surface area contributed by atoms with Crippen molar-refractivity contribution in [2.24, 2.45) is 0 Å². The van der Waals surface area contributed by atoms with E-state index in [9.17, 15) is 9.59 Å². The molecule has 0 bridgehead atoms. The molecule has 1 saturated carbocycles. The van der Waals surface area contributed by atoms with Gasteiger partial charge in [0.25, 0.3) is 0 Å². The van der Waals surface area contributed by atoms with Gasteiger partial charge in [0.1, 0.15) is 0 Å². The van der Waals surface area contributed by atoms with Crippen molar-refractivity contribution in [2.45, 2.75) is 45.2 Å². The van der Waals surface area contributed by atoms with E-state index in [2.05, 4.69) is 5.32 Å². The van der Waals surface area contributed by atoms with Gasteiger partial charge >= 0.3 is 5.97 Å². The first-order valence-electron chi connectivity index (χ1n) is 5.74. The van der Waals surface area contributed by atoms with Crippen LogP contribution < -0.4 is 5.32 Å². The van der Waals surface area contributed by atoms with Crippen LogP contribution >= 0.6 is 0 Å². The van der Waals surface area contributed by atoms with Crippen LogP contribution in [-0.2, 0) is 9.59 Å². The summed E-state index contributed by atoms with van der Waals surface area (Å²) >= 11 is 0. The van der Waals surface area contributed by atoms with Crippen molar-refractivity contribution >= 4 is 11.9 Å². The fourth-order valence-electron chi connectivity index (χ4n) is 1.62. The van der Waals surface area contributed by atoms with Crippen LogP contribution in [0.5, 0.6) is 0 Å². The van der Waals surface area contributed by atoms with Crippen LogP contribution in [0.4, 0.5) is 0 Å². The monoisotopic (exact) mass is 228 g/mol. The van der Waals surface area contributed by atoms with Crippen molar-refractivity contribution in [1.29, 1.82) is 0 Å². The Bertz CT molecular complexity index is 262. The zero-order valence-electron chi connectivity index (χ0n) is 9.90. The summed E-state index contributed by atoms with van der Waals surface area (Å²) in [5.74, 6) is -0.831. The predicted molar refractivity (Wildman–Crippen MR) is 60.1 cm³/mol. The minimum atomic E-state index is -0.810. The van der Waals surface area contributed by atoms with Gasteiger partial charge in [-0.05, 0) is 26.7 Å². The minimum Gasteiger partial charge on any atom is -0.481 e. The van der Waals surface area contributed by atoms with Gasteiger partial charge in [0.05, 0.1) is 13.0 Å². The highest BCUT2D eigenvalue weighted by atomic mass is 16.4. The van der Waals surface area contributed by atoms with Gasteiger partial charge < -0.3 is 10.4 Å². The summed E-state index contributed by atoms with van der Waals surface area (Å²) in [4.78, 5) is 24.0. The summed E-state index contributed by atoms with van der Waals surface area (Å²) in [7, 11) is 0. The van der Waals surface area contributed by atoms with Gasteiger partial charge in [-0.3, -0.25) is 14.5 Å². The molecule has 16 heavy (non-hydrogen) atoms. The Kier molecular flexibility index (Phi) is 4.73. The van der Waals surface area contributed by atoms with E-state index in [0.717, 1.165) is 12.8 Å². The first kappa shape index (κ1) is 13.0. The zero-order valence-corrected chi connectivity index (χ0v) is 9.90. The molecule has 1 fully saturated rings. The third-order valence-electron chi connectivity index (χ3n) is 2.47. The van der Waals surface area contributed by atoms with Crippen molar-refractivity contribution in [3.8, 4) is 0 Å². The molecule has 0 aliphatic heterocycles. The fourth-order valence-corrected chi connectivity index (χ4v) is 1.62. The van der Waals surface area contributed by atoms with Crippen molar-refractivity contribution in [1.82, 2.24) is 10.2 Å². The Morgan fingerprint density at radius 1 is 1.44 bits per heavy atom. The molecule has 0 aromatic heterocycles. The molecule has 2 N–H and O–H groups in total. The number of carboxylic acids is 1. The smallest absolute Gasteiger partial charge is 0.304 e. The Hall–Kier alpha value is -1.10. The molecule has 0 aromatic carbocycles. The summed E-state index contributed by atoms with van der Waals surface area (Å²) in [6.07, 6.45) is 2.26. The maximum atomic E-state index is 11.5. The lowest BCUT2D eigenvalue weighted by Gasteiger charge is -2.21. The number of hydrogen-bond donors (Lipinski definition) is 2. The van der Waals surface area contributed by atoms with Crippen LogP contribution in [0.25, 0.3) is 0 Å². The number of nitrogens with zero attached hydrogens (tertiary/aromatic N) is 1. The summed E-state index contributed by atoms with van der Waals surface area (Å²) in [6, 6.07) is 0.547. The minimum absolute atomic E-state index is 0.0210. The van der Waals surface area contributed by atoms with E-state index in [1.807, 2.05) is 18.7 Å². The number of hydrogen-bond acceptors (Lipinski definition) is 3. The van der Waals surface area contributed by atoms with Gasteiger partial charge in [-0.15, -0.1) is 0 Å². The summed E-state index contributed by atoms with van der Waals surface area (Å²) in [5.41, 5.74) is 0. The van der Waals surface area contributed by atoms with E-state index in [1.54, 1.807) is 0 Å². The third kappa shape index (κ3) is 5.11. The van der Waals surface area contributed by atoms with Gasteiger partial charge in [0.15, 0.2) is 0 Å². The van der Waals surface area contributed by atoms with Crippen molar-refractivity contribution < 1.29 is 14.7 Å². The second kappa shape index (κ2) is 5.84. The van der Waals surface area contributed by atoms with E-state index < -0.39 is 5.97 Å². The Labute approximate surface area is 95.8 Å². The molecule has 0 atom stereocenters. The topological polar surface area (TPSA) is 69.6 Å². The first-order chi connectivity index (χ1) is 7.49. The number of aliphatic carboxylic acids is 1. The van der Waals surface area contributed by atoms with E-state index in [4.69, 9.17) is 5.11 Å². The molecule has 1 amide bonds. The lowest BCUT2D eigenvalue weighted by Crippen LogP contribution is -2.41. The van der Waals surface area contributed by atoms with Crippen LogP contribution in [0.1, 0.15) is 33.1 Å². The first-order valence-corrected chi connectivity index (χ1v) is 5.74. The molecule has 5 heteroatoms. The van der Waals surface area contributed by atoms with E-state index in [0.29, 0.717) is 19.1 Å². The lowest BCUT2D eigenvalue weighted by atomic mass is 10.3. The summed E-state index contributed by atoms with van der Waals surface area (Å²) in [6.45, 7) is 4.61. The molecule has 0 radical (unpaired) electrons. The van der Waals surface area contributed by atoms with Crippen molar-refractivity contribution in [3.05, 3.63) is 0 Å². The van der Waals surface area contributed by atoms with E-state index in [-0.39, 0.29) is 18.4 Å². The molecule has 0 aromatic rings. The highest BCUT2D eigenvalue weighted by Crippen LogP contribution is 2.26. The summed E-state index contributed by atoms with van der Waals surface area (Å²) < 4.78 is 0. The largest absolute Gasteiger partial charge is 0.481 e. The number of carboxylic acid groups (broad SMARTS) is 1. The summed E-state index contributed by atoms with van der Waals surface area (Å²) in [5, 5.41) is 11.4. The maximum Gasteiger partial charge on any atom is 0.304 e. The van der Waals surface area contributed by atoms with Gasteiger partial charge in [0.2, 0.25) is 5.91 Å². The van der Waals surface area contributed by atoms with E-state index >= 15 is 0 Å². The van der Waals surface area contributed by atoms with Crippen molar-refractivity contribution in [2.75, 3.05) is 13.1 Å². The third-order valence-corrected chi connectivity index (χ3v) is 2.47. The predicted octanol–water partition coefficient (Wildman–Crippen LogP) is 0.450. The Morgan fingerprint density at radius 3 is 2.50 bits per heavy atom. The van der Waals surface area contributed by atoms with Crippen LogP contribution in [-0.4, -0.2) is 47.1 Å². The van der Waals surface area contributed by atoms with Crippen LogP contribution in [0.15, 0.2) is 0 Å². The molecule has 0 saturated heterocycles. The highest BCUT2D eigenvalue weighted by Gasteiger charge is 2.30. The second-order valence-corrected chi connectivity index (χ2v) is 4.57. The molecule has 1 aliphatic rings. The second-order valence-electron chi connectivity index (χ2n) is 4.57. The molecular weight excluding hydrogens is 208 g/mol. The number of carbonyl (C=O) groups is 2. The van der Waals surface area contributed by atoms with E-state index in [1.165, 1.54) is 0 Å². The standard InChI is InChI=1S/C11H20N2O3/c1-8(2)12-10(14)7-13(9-3-4-9)6-5-11(15)16/h8-9H,3-7H2,1-2H3,(H,12,14)(H,15,16). The number of nitrogens with one attached hydrogen (secondary N) is 1. The van der Waals surface area contributed by atoms with Gasteiger partial charge in [0, 0.05) is 18.6 Å². The number of rotatable bonds is 7. The SMILES string of the molecule is CC(C)NC(=O)CN(CCC(=O)O)C1CC1. The van der Waals surface area contributed by atoms with Crippen molar-refractivity contribution in [3.63, 3.8) is 0 Å². The molecular formula is C11H20N2O3. The molecule has 0 heterocycles. The molecule has 0 unspecified atom stereocenters. The van der Waals surface area contributed by atoms with Crippen LogP contribution in [0.2, 0.25) is 0 Å². The fraction of sp³-hybridized carbons (Fsp3) is 0.818. The molecule has 1 rings (SSSR count). The van der Waals surface area contributed by atoms with Crippen LogP contribution in [0.3, 0.4) is 0 Å². The molecule has 1 aliphatic carbocycles. The zero-order chi connectivity index (χ0) is 12.1. The normalized spacial score (nSPS) is 15.5. The van der Waals surface area contributed by atoms with Gasteiger partial charge in [-0.25, -0.2) is 0 Å². The average Bonchev–Trinajstić information content (AvgIpc) is 2.93. The maximum absolute atomic E-state index is 11.5. The molecule has 0 spiro atoms. The van der Waals surface area contributed by atoms with Gasteiger partial charge in [-0.2, -0.15) is 0 Å². The molecule has 92 valence electrons. The van der Waals surface area contributed by atoms with Crippen LogP contribution in [0, 0.1) is 0 Å². The number of carbonyl (C=O) groups excluding carboxylic acids is 1. The quantitative estimate of drug-likeness (QED) is 0.664.